The second-order valence-corrected chi connectivity index (χ2v) is 13.2. The van der Waals surface area contributed by atoms with Crippen molar-refractivity contribution in [3.8, 4) is 33.4 Å². The van der Waals surface area contributed by atoms with Gasteiger partial charge in [0.2, 0.25) is 0 Å². The Kier molecular flexibility index (Phi) is 7.07. The summed E-state index contributed by atoms with van der Waals surface area (Å²) in [5, 5.41) is 5.15. The van der Waals surface area contributed by atoms with Crippen molar-refractivity contribution in [2.24, 2.45) is 0 Å². The maximum absolute atomic E-state index is 2.43. The minimum Gasteiger partial charge on any atom is -0.309 e. The molecular weight excluding hydrogens is 599 g/mol. The average molecular weight is 630 g/mol. The predicted molar refractivity (Wildman–Crippen MR) is 208 cm³/mol. The molecule has 0 spiro atoms. The molecule has 1 nitrogen and oxygen atoms in total. The van der Waals surface area contributed by atoms with E-state index in [1.807, 2.05) is 11.3 Å². The van der Waals surface area contributed by atoms with Gasteiger partial charge in [0, 0.05) is 37.0 Å². The first-order valence-electron chi connectivity index (χ1n) is 16.4. The largest absolute Gasteiger partial charge is 0.309 e. The Balaban J connectivity index is 1.23. The predicted octanol–water partition coefficient (Wildman–Crippen LogP) is 13.7. The smallest absolute Gasteiger partial charge is 0.0540 e. The lowest BCUT2D eigenvalue weighted by atomic mass is 9.96. The zero-order valence-corrected chi connectivity index (χ0v) is 27.1. The van der Waals surface area contributed by atoms with E-state index in [0.29, 0.717) is 0 Å². The zero-order chi connectivity index (χ0) is 31.9. The highest BCUT2D eigenvalue weighted by molar-refractivity contribution is 7.25. The lowest BCUT2D eigenvalue weighted by Crippen LogP contribution is -2.12. The van der Waals surface area contributed by atoms with Crippen LogP contribution in [0.1, 0.15) is 0 Å². The standard InChI is InChI=1S/C46H31NS/c1-2-13-33(14-3-1)39-18-6-9-22-43(39)47(36-28-25-34(26-29-36)38-21-12-16-32-15-4-5-17-37(32)38)44-23-10-7-19-40(44)35-27-30-42-41-20-8-11-24-45(41)48-46(42)31-35/h1-31H. The van der Waals surface area contributed by atoms with Gasteiger partial charge in [-0.05, 0) is 69.4 Å². The van der Waals surface area contributed by atoms with Crippen molar-refractivity contribution in [2.45, 2.75) is 0 Å². The molecule has 0 aliphatic heterocycles. The molecule has 0 radical (unpaired) electrons. The fourth-order valence-electron chi connectivity index (χ4n) is 7.01. The molecule has 0 aliphatic carbocycles. The van der Waals surface area contributed by atoms with Crippen molar-refractivity contribution < 1.29 is 0 Å². The minimum atomic E-state index is 1.11. The molecule has 0 amide bonds. The lowest BCUT2D eigenvalue weighted by molar-refractivity contribution is 1.28. The summed E-state index contributed by atoms with van der Waals surface area (Å²) in [7, 11) is 0. The third-order valence-electron chi connectivity index (χ3n) is 9.29. The molecule has 0 atom stereocenters. The first kappa shape index (κ1) is 28.3. The monoisotopic (exact) mass is 629 g/mol. The van der Waals surface area contributed by atoms with E-state index in [2.05, 4.69) is 193 Å². The van der Waals surface area contributed by atoms with Crippen molar-refractivity contribution in [3.63, 3.8) is 0 Å². The Bertz CT molecular complexity index is 2560. The van der Waals surface area contributed by atoms with Gasteiger partial charge in [-0.1, -0.05) is 152 Å². The fourth-order valence-corrected chi connectivity index (χ4v) is 8.16. The van der Waals surface area contributed by atoms with E-state index in [0.717, 1.165) is 17.1 Å². The average Bonchev–Trinajstić information content (AvgIpc) is 3.54. The number of fused-ring (bicyclic) bond motifs is 4. The van der Waals surface area contributed by atoms with Gasteiger partial charge in [-0.2, -0.15) is 0 Å². The second-order valence-electron chi connectivity index (χ2n) is 12.1. The zero-order valence-electron chi connectivity index (χ0n) is 26.3. The molecule has 2 heteroatoms. The Morgan fingerprint density at radius 2 is 0.875 bits per heavy atom. The minimum absolute atomic E-state index is 1.11. The molecule has 0 aliphatic rings. The third-order valence-corrected chi connectivity index (χ3v) is 10.4. The van der Waals surface area contributed by atoms with Crippen LogP contribution in [0, 0.1) is 0 Å². The summed E-state index contributed by atoms with van der Waals surface area (Å²) in [6, 6.07) is 68.2. The highest BCUT2D eigenvalue weighted by Crippen LogP contribution is 2.46. The number of para-hydroxylation sites is 2. The van der Waals surface area contributed by atoms with Gasteiger partial charge in [0.15, 0.2) is 0 Å². The van der Waals surface area contributed by atoms with Crippen LogP contribution in [0.4, 0.5) is 17.1 Å². The van der Waals surface area contributed by atoms with Crippen molar-refractivity contribution in [1.29, 1.82) is 0 Å². The number of benzene rings is 8. The Hall–Kier alpha value is -5.96. The van der Waals surface area contributed by atoms with Gasteiger partial charge in [-0.25, -0.2) is 0 Å². The third kappa shape index (κ3) is 4.95. The summed E-state index contributed by atoms with van der Waals surface area (Å²) < 4.78 is 2.63. The molecule has 8 aromatic carbocycles. The van der Waals surface area contributed by atoms with E-state index in [-0.39, 0.29) is 0 Å². The number of rotatable bonds is 6. The molecule has 9 aromatic rings. The van der Waals surface area contributed by atoms with Crippen LogP contribution < -0.4 is 4.90 Å². The highest BCUT2D eigenvalue weighted by atomic mass is 32.1. The van der Waals surface area contributed by atoms with E-state index < -0.39 is 0 Å². The van der Waals surface area contributed by atoms with Crippen molar-refractivity contribution in [2.75, 3.05) is 4.90 Å². The van der Waals surface area contributed by atoms with Crippen LogP contribution in [0.25, 0.3) is 64.3 Å². The van der Waals surface area contributed by atoms with Crippen molar-refractivity contribution in [1.82, 2.24) is 0 Å². The summed E-state index contributed by atoms with van der Waals surface area (Å²) in [5.74, 6) is 0. The molecule has 0 unspecified atom stereocenters. The fraction of sp³-hybridized carbons (Fsp3) is 0. The number of hydrogen-bond acceptors (Lipinski definition) is 2. The summed E-state index contributed by atoms with van der Waals surface area (Å²) in [4.78, 5) is 2.43. The molecular formula is C46H31NS. The SMILES string of the molecule is c1ccc(-c2ccccc2N(c2ccc(-c3cccc4ccccc34)cc2)c2ccccc2-c2ccc3c(c2)sc2ccccc23)cc1. The van der Waals surface area contributed by atoms with Crippen LogP contribution in [0.15, 0.2) is 188 Å². The van der Waals surface area contributed by atoms with Crippen molar-refractivity contribution in [3.05, 3.63) is 188 Å². The van der Waals surface area contributed by atoms with Crippen LogP contribution in [0.3, 0.4) is 0 Å². The Morgan fingerprint density at radius 1 is 0.333 bits per heavy atom. The number of anilines is 3. The van der Waals surface area contributed by atoms with E-state index in [9.17, 15) is 0 Å². The van der Waals surface area contributed by atoms with Crippen LogP contribution in [-0.2, 0) is 0 Å². The molecule has 1 heterocycles. The van der Waals surface area contributed by atoms with Crippen LogP contribution in [0.5, 0.6) is 0 Å². The summed E-state index contributed by atoms with van der Waals surface area (Å²) >= 11 is 1.86. The maximum atomic E-state index is 2.43. The molecule has 9 rings (SSSR count). The van der Waals surface area contributed by atoms with E-state index >= 15 is 0 Å². The lowest BCUT2D eigenvalue weighted by Gasteiger charge is -2.30. The molecule has 226 valence electrons. The first-order chi connectivity index (χ1) is 23.8. The van der Waals surface area contributed by atoms with Gasteiger partial charge >= 0.3 is 0 Å². The normalized spacial score (nSPS) is 11.3. The van der Waals surface area contributed by atoms with Gasteiger partial charge in [0.05, 0.1) is 11.4 Å². The van der Waals surface area contributed by atoms with Crippen molar-refractivity contribution >= 4 is 59.3 Å². The Morgan fingerprint density at radius 3 is 1.67 bits per heavy atom. The maximum Gasteiger partial charge on any atom is 0.0540 e. The van der Waals surface area contributed by atoms with Gasteiger partial charge in [-0.15, -0.1) is 11.3 Å². The van der Waals surface area contributed by atoms with Crippen LogP contribution in [0.2, 0.25) is 0 Å². The second kappa shape index (κ2) is 12.0. The molecule has 48 heavy (non-hydrogen) atoms. The number of thiophene rings is 1. The first-order valence-corrected chi connectivity index (χ1v) is 17.2. The van der Waals surface area contributed by atoms with Gasteiger partial charge in [0.25, 0.3) is 0 Å². The van der Waals surface area contributed by atoms with E-state index in [1.54, 1.807) is 0 Å². The van der Waals surface area contributed by atoms with E-state index in [4.69, 9.17) is 0 Å². The molecule has 0 bridgehead atoms. The van der Waals surface area contributed by atoms with E-state index in [1.165, 1.54) is 64.3 Å². The molecule has 1 aromatic heterocycles. The summed E-state index contributed by atoms with van der Waals surface area (Å²) in [5.41, 5.74) is 10.6. The summed E-state index contributed by atoms with van der Waals surface area (Å²) in [6.07, 6.45) is 0. The highest BCUT2D eigenvalue weighted by Gasteiger charge is 2.21. The Labute approximate surface area is 284 Å². The van der Waals surface area contributed by atoms with Gasteiger partial charge in [-0.3, -0.25) is 0 Å². The number of hydrogen-bond donors (Lipinski definition) is 0. The molecule has 0 saturated carbocycles. The molecule has 0 N–H and O–H groups in total. The summed E-state index contributed by atoms with van der Waals surface area (Å²) in [6.45, 7) is 0. The molecule has 0 saturated heterocycles. The van der Waals surface area contributed by atoms with Gasteiger partial charge < -0.3 is 4.90 Å². The topological polar surface area (TPSA) is 3.24 Å². The van der Waals surface area contributed by atoms with Crippen LogP contribution >= 0.6 is 11.3 Å². The number of nitrogens with zero attached hydrogens (tertiary/aromatic N) is 1. The quantitative estimate of drug-likeness (QED) is 0.177. The van der Waals surface area contributed by atoms with Gasteiger partial charge in [0.1, 0.15) is 0 Å². The van der Waals surface area contributed by atoms with Crippen LogP contribution in [-0.4, -0.2) is 0 Å². The molecule has 0 fully saturated rings.